The van der Waals surface area contributed by atoms with E-state index in [4.69, 9.17) is 10.5 Å². The van der Waals surface area contributed by atoms with Gasteiger partial charge in [-0.1, -0.05) is 19.9 Å². The third kappa shape index (κ3) is 4.34. The number of carbonyl (C=O) groups is 3. The maximum atomic E-state index is 12.0. The van der Waals surface area contributed by atoms with Crippen LogP contribution in [0.2, 0.25) is 0 Å². The van der Waals surface area contributed by atoms with E-state index in [0.717, 1.165) is 0 Å². The Bertz CT molecular complexity index is 485. The van der Waals surface area contributed by atoms with Crippen LogP contribution in [0.3, 0.4) is 0 Å². The highest BCUT2D eigenvalue weighted by molar-refractivity contribution is 7.12. The van der Waals surface area contributed by atoms with E-state index < -0.39 is 24.0 Å². The van der Waals surface area contributed by atoms with Gasteiger partial charge in [-0.25, -0.2) is 4.79 Å². The van der Waals surface area contributed by atoms with Crippen LogP contribution >= 0.6 is 11.3 Å². The first-order valence-electron chi connectivity index (χ1n) is 6.17. The van der Waals surface area contributed by atoms with E-state index in [0.29, 0.717) is 4.88 Å². The molecule has 1 aromatic rings. The molecule has 0 bridgehead atoms. The lowest BCUT2D eigenvalue weighted by molar-refractivity contribution is -0.156. The molecule has 1 rings (SSSR count). The maximum Gasteiger partial charge on any atom is 0.329 e. The molecule has 2 amide bonds. The van der Waals surface area contributed by atoms with Gasteiger partial charge in [-0.3, -0.25) is 9.59 Å². The number of nitrogens with two attached hydrogens (primary N) is 1. The van der Waals surface area contributed by atoms with Crippen molar-refractivity contribution in [2.45, 2.75) is 32.9 Å². The Morgan fingerprint density at radius 2 is 1.95 bits per heavy atom. The van der Waals surface area contributed by atoms with Crippen molar-refractivity contribution in [3.05, 3.63) is 22.4 Å². The van der Waals surface area contributed by atoms with E-state index in [1.54, 1.807) is 31.4 Å². The van der Waals surface area contributed by atoms with Crippen molar-refractivity contribution in [3.8, 4) is 0 Å². The first kappa shape index (κ1) is 16.2. The lowest BCUT2D eigenvalue weighted by Crippen LogP contribution is -2.47. The summed E-state index contributed by atoms with van der Waals surface area (Å²) in [7, 11) is 0. The van der Waals surface area contributed by atoms with E-state index in [2.05, 4.69) is 5.32 Å². The number of carbonyl (C=O) groups excluding carboxylic acids is 3. The third-order valence-corrected chi connectivity index (χ3v) is 3.51. The first-order valence-corrected chi connectivity index (χ1v) is 7.05. The number of amides is 2. The van der Waals surface area contributed by atoms with Crippen LogP contribution < -0.4 is 11.1 Å². The average molecular weight is 298 g/mol. The summed E-state index contributed by atoms with van der Waals surface area (Å²) in [5.74, 6) is -1.92. The SMILES string of the molecule is CC(C)[C@H](NC(=O)c1cccs1)C(=O)O[C@H](C)C(N)=O. The number of hydrogen-bond donors (Lipinski definition) is 2. The fourth-order valence-corrected chi connectivity index (χ4v) is 2.05. The fourth-order valence-electron chi connectivity index (χ4n) is 1.42. The highest BCUT2D eigenvalue weighted by Gasteiger charge is 2.28. The molecule has 2 atom stereocenters. The van der Waals surface area contributed by atoms with E-state index in [1.807, 2.05) is 0 Å². The molecule has 1 heterocycles. The molecule has 6 nitrogen and oxygen atoms in total. The Kier molecular flexibility index (Phi) is 5.69. The van der Waals surface area contributed by atoms with Crippen molar-refractivity contribution in [2.24, 2.45) is 11.7 Å². The standard InChI is InChI=1S/C13H18N2O4S/c1-7(2)10(13(18)19-8(3)11(14)16)15-12(17)9-5-4-6-20-9/h4-8,10H,1-3H3,(H2,14,16)(H,15,17)/t8-,10+/m1/s1. The lowest BCUT2D eigenvalue weighted by Gasteiger charge is -2.22. The Labute approximate surface area is 121 Å². The van der Waals surface area contributed by atoms with Crippen LogP contribution in [0.15, 0.2) is 17.5 Å². The van der Waals surface area contributed by atoms with Crippen LogP contribution in [0.1, 0.15) is 30.4 Å². The van der Waals surface area contributed by atoms with Gasteiger partial charge in [-0.2, -0.15) is 0 Å². The molecule has 0 aromatic carbocycles. The molecule has 20 heavy (non-hydrogen) atoms. The van der Waals surface area contributed by atoms with E-state index >= 15 is 0 Å². The second-order valence-electron chi connectivity index (χ2n) is 4.65. The van der Waals surface area contributed by atoms with Gasteiger partial charge in [0.05, 0.1) is 4.88 Å². The summed E-state index contributed by atoms with van der Waals surface area (Å²) in [6, 6.07) is 2.58. The van der Waals surface area contributed by atoms with Gasteiger partial charge >= 0.3 is 5.97 Å². The number of ether oxygens (including phenoxy) is 1. The van der Waals surface area contributed by atoms with Crippen LogP contribution in [0.4, 0.5) is 0 Å². The Balaban J connectivity index is 2.72. The summed E-state index contributed by atoms with van der Waals surface area (Å²) in [6.07, 6.45) is -1.03. The molecule has 0 saturated carbocycles. The average Bonchev–Trinajstić information content (AvgIpc) is 2.88. The lowest BCUT2D eigenvalue weighted by atomic mass is 10.0. The molecule has 3 N–H and O–H groups in total. The van der Waals surface area contributed by atoms with Crippen LogP contribution in [-0.2, 0) is 14.3 Å². The molecule has 0 spiro atoms. The molecule has 1 aromatic heterocycles. The summed E-state index contributed by atoms with van der Waals surface area (Å²) in [6.45, 7) is 4.93. The Morgan fingerprint density at radius 3 is 2.40 bits per heavy atom. The second kappa shape index (κ2) is 7.04. The van der Waals surface area contributed by atoms with Gasteiger partial charge in [0.2, 0.25) is 0 Å². The summed E-state index contributed by atoms with van der Waals surface area (Å²) in [5, 5.41) is 4.38. The second-order valence-corrected chi connectivity index (χ2v) is 5.60. The maximum absolute atomic E-state index is 12.0. The fraction of sp³-hybridized carbons (Fsp3) is 0.462. The zero-order valence-corrected chi connectivity index (χ0v) is 12.4. The molecular formula is C13H18N2O4S. The number of hydrogen-bond acceptors (Lipinski definition) is 5. The molecule has 110 valence electrons. The summed E-state index contributed by atoms with van der Waals surface area (Å²) >= 11 is 1.28. The number of primary amides is 1. The molecule has 0 aliphatic carbocycles. The van der Waals surface area contributed by atoms with Crippen molar-refractivity contribution in [2.75, 3.05) is 0 Å². The Hall–Kier alpha value is -1.89. The predicted octanol–water partition coefficient (Wildman–Crippen LogP) is 0.920. The molecular weight excluding hydrogens is 280 g/mol. The number of nitrogens with one attached hydrogen (secondary N) is 1. The number of esters is 1. The van der Waals surface area contributed by atoms with Crippen LogP contribution in [0.5, 0.6) is 0 Å². The molecule has 7 heteroatoms. The first-order chi connectivity index (χ1) is 9.32. The molecule has 0 fully saturated rings. The highest BCUT2D eigenvalue weighted by Crippen LogP contribution is 2.11. The minimum absolute atomic E-state index is 0.175. The normalized spacial score (nSPS) is 13.6. The zero-order valence-electron chi connectivity index (χ0n) is 11.6. The predicted molar refractivity (Wildman–Crippen MR) is 75.2 cm³/mol. The van der Waals surface area contributed by atoms with Gasteiger partial charge in [0.15, 0.2) is 6.10 Å². The van der Waals surface area contributed by atoms with Gasteiger partial charge in [-0.15, -0.1) is 11.3 Å². The van der Waals surface area contributed by atoms with Crippen molar-refractivity contribution >= 4 is 29.1 Å². The minimum atomic E-state index is -1.03. The largest absolute Gasteiger partial charge is 0.451 e. The van der Waals surface area contributed by atoms with Crippen molar-refractivity contribution in [1.29, 1.82) is 0 Å². The molecule has 0 saturated heterocycles. The van der Waals surface area contributed by atoms with E-state index in [-0.39, 0.29) is 11.8 Å². The van der Waals surface area contributed by atoms with Gasteiger partial charge in [-0.05, 0) is 24.3 Å². The summed E-state index contributed by atoms with van der Waals surface area (Å²) in [4.78, 5) is 35.3. The van der Waals surface area contributed by atoms with Crippen LogP contribution in [0.25, 0.3) is 0 Å². The van der Waals surface area contributed by atoms with Gasteiger partial charge in [0.25, 0.3) is 11.8 Å². The molecule has 0 unspecified atom stereocenters. The smallest absolute Gasteiger partial charge is 0.329 e. The van der Waals surface area contributed by atoms with Gasteiger partial charge in [0, 0.05) is 0 Å². The monoisotopic (exact) mass is 298 g/mol. The van der Waals surface area contributed by atoms with Crippen molar-refractivity contribution in [3.63, 3.8) is 0 Å². The minimum Gasteiger partial charge on any atom is -0.451 e. The third-order valence-electron chi connectivity index (χ3n) is 2.65. The molecule has 0 aliphatic rings. The topological polar surface area (TPSA) is 98.5 Å². The van der Waals surface area contributed by atoms with Crippen molar-refractivity contribution < 1.29 is 19.1 Å². The Morgan fingerprint density at radius 1 is 1.30 bits per heavy atom. The van der Waals surface area contributed by atoms with Crippen LogP contribution in [-0.4, -0.2) is 29.9 Å². The molecule has 0 radical (unpaired) electrons. The van der Waals surface area contributed by atoms with Gasteiger partial charge in [0.1, 0.15) is 6.04 Å². The van der Waals surface area contributed by atoms with Gasteiger partial charge < -0.3 is 15.8 Å². The van der Waals surface area contributed by atoms with E-state index in [9.17, 15) is 14.4 Å². The van der Waals surface area contributed by atoms with Crippen molar-refractivity contribution in [1.82, 2.24) is 5.32 Å². The molecule has 0 aliphatic heterocycles. The van der Waals surface area contributed by atoms with Crippen LogP contribution in [0, 0.1) is 5.92 Å². The van der Waals surface area contributed by atoms with E-state index in [1.165, 1.54) is 18.3 Å². The number of thiophene rings is 1. The number of rotatable bonds is 6. The highest BCUT2D eigenvalue weighted by atomic mass is 32.1. The summed E-state index contributed by atoms with van der Waals surface area (Å²) in [5.41, 5.74) is 5.04. The quantitative estimate of drug-likeness (QED) is 0.763. The zero-order chi connectivity index (χ0) is 15.3. The summed E-state index contributed by atoms with van der Waals surface area (Å²) < 4.78 is 4.93.